The van der Waals surface area contributed by atoms with Crippen LogP contribution in [0, 0.1) is 13.8 Å². The van der Waals surface area contributed by atoms with Crippen LogP contribution in [0.15, 0.2) is 0 Å². The number of nitrogens with two attached hydrogens (primary N) is 1. The lowest BCUT2D eigenvalue weighted by molar-refractivity contribution is 0.391. The summed E-state index contributed by atoms with van der Waals surface area (Å²) in [5.41, 5.74) is 7.19. The maximum Gasteiger partial charge on any atom is 0.146 e. The maximum atomic E-state index is 5.98. The first-order valence-electron chi connectivity index (χ1n) is 5.16. The van der Waals surface area contributed by atoms with E-state index in [1.54, 1.807) is 11.3 Å². The first-order chi connectivity index (χ1) is 7.49. The third-order valence-corrected chi connectivity index (χ3v) is 3.66. The first-order valence-corrected chi connectivity index (χ1v) is 5.97. The second kappa shape index (κ2) is 3.99. The van der Waals surface area contributed by atoms with Gasteiger partial charge in [0.2, 0.25) is 0 Å². The lowest BCUT2D eigenvalue weighted by Gasteiger charge is -2.08. The molecule has 0 radical (unpaired) electrons. The van der Waals surface area contributed by atoms with Crippen LogP contribution in [0.25, 0.3) is 10.2 Å². The van der Waals surface area contributed by atoms with Gasteiger partial charge in [-0.1, -0.05) is 0 Å². The van der Waals surface area contributed by atoms with Crippen molar-refractivity contribution in [2.24, 2.45) is 0 Å². The molecule has 0 fully saturated rings. The number of fused-ring (bicyclic) bond motifs is 1. The van der Waals surface area contributed by atoms with Gasteiger partial charge in [0, 0.05) is 4.88 Å². The van der Waals surface area contributed by atoms with Gasteiger partial charge < -0.3 is 10.6 Å². The van der Waals surface area contributed by atoms with E-state index in [9.17, 15) is 0 Å². The monoisotopic (exact) mass is 236 g/mol. The van der Waals surface area contributed by atoms with Gasteiger partial charge in [-0.3, -0.25) is 0 Å². The highest BCUT2D eigenvalue weighted by atomic mass is 32.1. The molecular weight excluding hydrogens is 220 g/mol. The van der Waals surface area contributed by atoms with Gasteiger partial charge in [-0.2, -0.15) is 0 Å². The first kappa shape index (κ1) is 11.3. The van der Waals surface area contributed by atoms with Crippen LogP contribution >= 0.6 is 11.3 Å². The lowest BCUT2D eigenvalue weighted by Crippen LogP contribution is -2.14. The van der Waals surface area contributed by atoms with E-state index < -0.39 is 0 Å². The molecule has 2 aromatic rings. The Bertz CT molecular complexity index is 530. The van der Waals surface area contributed by atoms with Crippen LogP contribution in [-0.2, 0) is 6.54 Å². The largest absolute Gasteiger partial charge is 0.383 e. The predicted octanol–water partition coefficient (Wildman–Crippen LogP) is 1.95. The molecule has 0 bridgehead atoms. The van der Waals surface area contributed by atoms with Crippen LogP contribution in [0.3, 0.4) is 0 Å². The molecule has 0 aliphatic heterocycles. The fraction of sp³-hybridized carbons (Fsp3) is 0.455. The van der Waals surface area contributed by atoms with Gasteiger partial charge in [0.15, 0.2) is 0 Å². The van der Waals surface area contributed by atoms with E-state index >= 15 is 0 Å². The van der Waals surface area contributed by atoms with Gasteiger partial charge in [-0.05, 0) is 33.5 Å². The molecule has 2 N–H and O–H groups in total. The minimum atomic E-state index is 0.601. The molecule has 0 aliphatic carbocycles. The molecule has 0 aliphatic rings. The van der Waals surface area contributed by atoms with Gasteiger partial charge in [-0.25, -0.2) is 9.97 Å². The van der Waals surface area contributed by atoms with E-state index in [0.717, 1.165) is 22.6 Å². The Kier molecular flexibility index (Phi) is 2.82. The van der Waals surface area contributed by atoms with Crippen molar-refractivity contribution in [3.05, 3.63) is 16.3 Å². The van der Waals surface area contributed by atoms with Gasteiger partial charge in [-0.15, -0.1) is 11.3 Å². The molecule has 0 spiro atoms. The molecule has 0 aromatic carbocycles. The molecule has 86 valence electrons. The Morgan fingerprint density at radius 1 is 1.25 bits per heavy atom. The zero-order valence-electron chi connectivity index (χ0n) is 10.0. The topological polar surface area (TPSA) is 55.0 Å². The van der Waals surface area contributed by atoms with Crippen molar-refractivity contribution >= 4 is 27.4 Å². The standard InChI is InChI=1S/C11H16N4S/c1-6-7(2)16-11-9(6)10(12)13-8(14-11)5-15(3)4/h5H2,1-4H3,(H2,12,13,14). The smallest absolute Gasteiger partial charge is 0.146 e. The van der Waals surface area contributed by atoms with Crippen molar-refractivity contribution < 1.29 is 0 Å². The van der Waals surface area contributed by atoms with E-state index in [1.807, 2.05) is 19.0 Å². The SMILES string of the molecule is Cc1sc2nc(CN(C)C)nc(N)c2c1C. The quantitative estimate of drug-likeness (QED) is 0.866. The van der Waals surface area contributed by atoms with Crippen LogP contribution in [0.1, 0.15) is 16.3 Å². The lowest BCUT2D eigenvalue weighted by atomic mass is 10.2. The molecular formula is C11H16N4S. The molecule has 2 rings (SSSR count). The van der Waals surface area contributed by atoms with Gasteiger partial charge >= 0.3 is 0 Å². The van der Waals surface area contributed by atoms with Crippen molar-refractivity contribution in [2.75, 3.05) is 19.8 Å². The third-order valence-electron chi connectivity index (χ3n) is 2.56. The highest BCUT2D eigenvalue weighted by Crippen LogP contribution is 2.31. The summed E-state index contributed by atoms with van der Waals surface area (Å²) >= 11 is 1.68. The molecule has 0 atom stereocenters. The Labute approximate surface area is 99.1 Å². The zero-order valence-corrected chi connectivity index (χ0v) is 10.9. The number of nitrogens with zero attached hydrogens (tertiary/aromatic N) is 3. The number of hydrogen-bond acceptors (Lipinski definition) is 5. The minimum absolute atomic E-state index is 0.601. The minimum Gasteiger partial charge on any atom is -0.383 e. The molecule has 0 saturated carbocycles. The van der Waals surface area contributed by atoms with Crippen molar-refractivity contribution in [3.8, 4) is 0 Å². The summed E-state index contributed by atoms with van der Waals surface area (Å²) < 4.78 is 0. The van der Waals surface area contributed by atoms with Crippen LogP contribution in [0.4, 0.5) is 5.82 Å². The summed E-state index contributed by atoms with van der Waals surface area (Å²) in [5.74, 6) is 1.39. The molecule has 16 heavy (non-hydrogen) atoms. The van der Waals surface area contributed by atoms with Crippen LogP contribution < -0.4 is 5.73 Å². The van der Waals surface area contributed by atoms with Crippen molar-refractivity contribution in [1.29, 1.82) is 0 Å². The fourth-order valence-corrected chi connectivity index (χ4v) is 2.74. The van der Waals surface area contributed by atoms with Crippen LogP contribution in [-0.4, -0.2) is 29.0 Å². The predicted molar refractivity (Wildman–Crippen MR) is 68.7 cm³/mol. The second-order valence-corrected chi connectivity index (χ2v) is 5.43. The van der Waals surface area contributed by atoms with Crippen molar-refractivity contribution in [3.63, 3.8) is 0 Å². The molecule has 0 unspecified atom stereocenters. The van der Waals surface area contributed by atoms with E-state index in [2.05, 4.69) is 23.8 Å². The summed E-state index contributed by atoms with van der Waals surface area (Å²) in [4.78, 5) is 13.2. The van der Waals surface area contributed by atoms with Gasteiger partial charge in [0.25, 0.3) is 0 Å². The van der Waals surface area contributed by atoms with E-state index in [1.165, 1.54) is 10.4 Å². The summed E-state index contributed by atoms with van der Waals surface area (Å²) in [6.07, 6.45) is 0. The van der Waals surface area contributed by atoms with Gasteiger partial charge in [0.1, 0.15) is 16.5 Å². The third kappa shape index (κ3) is 1.88. The summed E-state index contributed by atoms with van der Waals surface area (Å²) in [7, 11) is 3.99. The molecule has 5 heteroatoms. The van der Waals surface area contributed by atoms with Crippen LogP contribution in [0.5, 0.6) is 0 Å². The maximum absolute atomic E-state index is 5.98. The van der Waals surface area contributed by atoms with E-state index in [0.29, 0.717) is 5.82 Å². The summed E-state index contributed by atoms with van der Waals surface area (Å²) in [6.45, 7) is 4.88. The zero-order chi connectivity index (χ0) is 11.9. The highest BCUT2D eigenvalue weighted by Gasteiger charge is 2.12. The van der Waals surface area contributed by atoms with Crippen molar-refractivity contribution in [1.82, 2.24) is 14.9 Å². The van der Waals surface area contributed by atoms with E-state index in [-0.39, 0.29) is 0 Å². The summed E-state index contributed by atoms with van der Waals surface area (Å²) in [5, 5.41) is 1.02. The number of aryl methyl sites for hydroxylation is 2. The average molecular weight is 236 g/mol. The highest BCUT2D eigenvalue weighted by molar-refractivity contribution is 7.18. The number of anilines is 1. The Balaban J connectivity index is 2.59. The average Bonchev–Trinajstić information content (AvgIpc) is 2.41. The number of thiophene rings is 1. The number of hydrogen-bond donors (Lipinski definition) is 1. The molecule has 2 heterocycles. The second-order valence-electron chi connectivity index (χ2n) is 4.23. The molecule has 2 aromatic heterocycles. The summed E-state index contributed by atoms with van der Waals surface area (Å²) in [6, 6.07) is 0. The molecule has 0 saturated heterocycles. The number of aromatic nitrogens is 2. The molecule has 4 nitrogen and oxygen atoms in total. The Hall–Kier alpha value is -1.20. The number of rotatable bonds is 2. The normalized spacial score (nSPS) is 11.6. The fourth-order valence-electron chi connectivity index (χ4n) is 1.68. The van der Waals surface area contributed by atoms with E-state index in [4.69, 9.17) is 5.73 Å². The Morgan fingerprint density at radius 3 is 2.56 bits per heavy atom. The molecule has 0 amide bonds. The van der Waals surface area contributed by atoms with Crippen molar-refractivity contribution in [2.45, 2.75) is 20.4 Å². The number of nitrogen functional groups attached to an aromatic ring is 1. The van der Waals surface area contributed by atoms with Crippen LogP contribution in [0.2, 0.25) is 0 Å². The van der Waals surface area contributed by atoms with Gasteiger partial charge in [0.05, 0.1) is 11.9 Å². The Morgan fingerprint density at radius 2 is 1.94 bits per heavy atom.